The standard InChI is InChI=1S/C11H22N2O3/c1-9(11(12)15)8-13-4-2-10(3-5-13)16-7-6-14/h9-10,14H,2-8H2,1H3,(H2,12,15). The maximum Gasteiger partial charge on any atom is 0.221 e. The first-order valence-corrected chi connectivity index (χ1v) is 5.87. The lowest BCUT2D eigenvalue weighted by Gasteiger charge is -2.32. The molecule has 1 saturated heterocycles. The number of amides is 1. The van der Waals surface area contributed by atoms with Crippen LogP contribution >= 0.6 is 0 Å². The van der Waals surface area contributed by atoms with Crippen molar-refractivity contribution in [1.29, 1.82) is 0 Å². The molecule has 0 saturated carbocycles. The molecule has 1 aliphatic heterocycles. The molecular formula is C11H22N2O3. The van der Waals surface area contributed by atoms with Crippen LogP contribution in [0.3, 0.4) is 0 Å². The number of carbonyl (C=O) groups excluding carboxylic acids is 1. The van der Waals surface area contributed by atoms with Gasteiger partial charge >= 0.3 is 0 Å². The molecule has 1 aliphatic rings. The fourth-order valence-corrected chi connectivity index (χ4v) is 1.96. The number of primary amides is 1. The van der Waals surface area contributed by atoms with E-state index in [1.807, 2.05) is 6.92 Å². The van der Waals surface area contributed by atoms with Crippen LogP contribution in [-0.4, -0.2) is 54.9 Å². The third kappa shape index (κ3) is 4.47. The number of nitrogens with two attached hydrogens (primary N) is 1. The van der Waals surface area contributed by atoms with Crippen LogP contribution in [0.5, 0.6) is 0 Å². The molecule has 0 spiro atoms. The van der Waals surface area contributed by atoms with Gasteiger partial charge in [0.1, 0.15) is 0 Å². The maximum atomic E-state index is 10.9. The third-order valence-corrected chi connectivity index (χ3v) is 3.00. The van der Waals surface area contributed by atoms with Gasteiger partial charge in [0, 0.05) is 25.6 Å². The average Bonchev–Trinajstić information content (AvgIpc) is 2.28. The lowest BCUT2D eigenvalue weighted by molar-refractivity contribution is -0.122. The van der Waals surface area contributed by atoms with E-state index >= 15 is 0 Å². The Morgan fingerprint density at radius 3 is 2.69 bits per heavy atom. The highest BCUT2D eigenvalue weighted by molar-refractivity contribution is 5.76. The zero-order valence-electron chi connectivity index (χ0n) is 9.89. The summed E-state index contributed by atoms with van der Waals surface area (Å²) in [6.45, 7) is 4.97. The fourth-order valence-electron chi connectivity index (χ4n) is 1.96. The van der Waals surface area contributed by atoms with Crippen LogP contribution in [0.4, 0.5) is 0 Å². The quantitative estimate of drug-likeness (QED) is 0.650. The van der Waals surface area contributed by atoms with E-state index in [9.17, 15) is 4.79 Å². The van der Waals surface area contributed by atoms with Crippen LogP contribution in [0.15, 0.2) is 0 Å². The van der Waals surface area contributed by atoms with E-state index in [2.05, 4.69) is 4.90 Å². The summed E-state index contributed by atoms with van der Waals surface area (Å²) in [6.07, 6.45) is 2.18. The van der Waals surface area contributed by atoms with Crippen molar-refractivity contribution in [3.8, 4) is 0 Å². The molecule has 3 N–H and O–H groups in total. The zero-order valence-corrected chi connectivity index (χ0v) is 9.89. The summed E-state index contributed by atoms with van der Waals surface area (Å²) in [6, 6.07) is 0. The molecule has 94 valence electrons. The summed E-state index contributed by atoms with van der Waals surface area (Å²) >= 11 is 0. The molecule has 0 bridgehead atoms. The topological polar surface area (TPSA) is 75.8 Å². The molecule has 5 nitrogen and oxygen atoms in total. The van der Waals surface area contributed by atoms with Gasteiger partial charge in [-0.1, -0.05) is 6.92 Å². The molecule has 0 radical (unpaired) electrons. The van der Waals surface area contributed by atoms with E-state index < -0.39 is 0 Å². The smallest absolute Gasteiger partial charge is 0.221 e. The Labute approximate surface area is 96.6 Å². The molecular weight excluding hydrogens is 208 g/mol. The van der Waals surface area contributed by atoms with Crippen LogP contribution in [0.25, 0.3) is 0 Å². The van der Waals surface area contributed by atoms with Crippen molar-refractivity contribution in [1.82, 2.24) is 4.90 Å². The molecule has 1 fully saturated rings. The molecule has 0 aliphatic carbocycles. The Hall–Kier alpha value is -0.650. The van der Waals surface area contributed by atoms with Crippen molar-refractivity contribution in [2.24, 2.45) is 11.7 Å². The van der Waals surface area contributed by atoms with Crippen molar-refractivity contribution in [2.45, 2.75) is 25.9 Å². The van der Waals surface area contributed by atoms with Crippen LogP contribution in [-0.2, 0) is 9.53 Å². The van der Waals surface area contributed by atoms with Crippen molar-refractivity contribution in [3.63, 3.8) is 0 Å². The molecule has 1 rings (SSSR count). The number of carbonyl (C=O) groups is 1. The second-order valence-electron chi connectivity index (χ2n) is 4.40. The summed E-state index contributed by atoms with van der Waals surface area (Å²) in [5.74, 6) is -0.325. The second kappa shape index (κ2) is 6.83. The first-order chi connectivity index (χ1) is 7.63. The van der Waals surface area contributed by atoms with E-state index in [0.717, 1.165) is 32.5 Å². The van der Waals surface area contributed by atoms with E-state index in [0.29, 0.717) is 6.61 Å². The van der Waals surface area contributed by atoms with E-state index in [1.165, 1.54) is 0 Å². The molecule has 1 unspecified atom stereocenters. The molecule has 1 heterocycles. The number of nitrogens with zero attached hydrogens (tertiary/aromatic N) is 1. The Bertz CT molecular complexity index is 215. The first kappa shape index (κ1) is 13.4. The van der Waals surface area contributed by atoms with Gasteiger partial charge in [0.2, 0.25) is 5.91 Å². The van der Waals surface area contributed by atoms with Crippen molar-refractivity contribution < 1.29 is 14.6 Å². The predicted molar refractivity (Wildman–Crippen MR) is 60.9 cm³/mol. The Morgan fingerprint density at radius 1 is 1.56 bits per heavy atom. The summed E-state index contributed by atoms with van der Waals surface area (Å²) in [5, 5.41) is 8.64. The van der Waals surface area contributed by atoms with Gasteiger partial charge in [0.05, 0.1) is 19.3 Å². The van der Waals surface area contributed by atoms with Gasteiger partial charge in [-0.05, 0) is 12.8 Å². The number of aliphatic hydroxyl groups is 1. The van der Waals surface area contributed by atoms with E-state index in [4.69, 9.17) is 15.6 Å². The summed E-state index contributed by atoms with van der Waals surface area (Å²) in [5.41, 5.74) is 5.23. The number of hydrogen-bond donors (Lipinski definition) is 2. The summed E-state index contributed by atoms with van der Waals surface area (Å²) in [4.78, 5) is 13.2. The Kier molecular flexibility index (Phi) is 5.73. The minimum absolute atomic E-state index is 0.0823. The van der Waals surface area contributed by atoms with E-state index in [1.54, 1.807) is 0 Å². The highest BCUT2D eigenvalue weighted by atomic mass is 16.5. The van der Waals surface area contributed by atoms with Gasteiger partial charge in [0.15, 0.2) is 0 Å². The Balaban J connectivity index is 2.19. The van der Waals surface area contributed by atoms with Crippen molar-refractivity contribution in [3.05, 3.63) is 0 Å². The predicted octanol–water partition coefficient (Wildman–Crippen LogP) is -0.419. The Morgan fingerprint density at radius 2 is 2.19 bits per heavy atom. The number of rotatable bonds is 6. The SMILES string of the molecule is CC(CN1CCC(OCCO)CC1)C(N)=O. The van der Waals surface area contributed by atoms with Gasteiger partial charge in [-0.15, -0.1) is 0 Å². The normalized spacial score (nSPS) is 20.9. The average molecular weight is 230 g/mol. The van der Waals surface area contributed by atoms with Crippen LogP contribution < -0.4 is 5.73 Å². The lowest BCUT2D eigenvalue weighted by Crippen LogP contribution is -2.41. The molecule has 1 amide bonds. The molecule has 1 atom stereocenters. The lowest BCUT2D eigenvalue weighted by atomic mass is 10.1. The molecule has 16 heavy (non-hydrogen) atoms. The van der Waals surface area contributed by atoms with Gasteiger partial charge in [-0.3, -0.25) is 4.79 Å². The minimum Gasteiger partial charge on any atom is -0.394 e. The third-order valence-electron chi connectivity index (χ3n) is 3.00. The maximum absolute atomic E-state index is 10.9. The number of likely N-dealkylation sites (tertiary alicyclic amines) is 1. The molecule has 0 aromatic heterocycles. The van der Waals surface area contributed by atoms with Gasteiger partial charge in [0.25, 0.3) is 0 Å². The summed E-state index contributed by atoms with van der Waals surface area (Å²) < 4.78 is 5.46. The second-order valence-corrected chi connectivity index (χ2v) is 4.40. The highest BCUT2D eigenvalue weighted by Crippen LogP contribution is 2.14. The minimum atomic E-state index is -0.237. The van der Waals surface area contributed by atoms with Crippen LogP contribution in [0, 0.1) is 5.92 Å². The number of aliphatic hydroxyl groups excluding tert-OH is 1. The van der Waals surface area contributed by atoms with Crippen molar-refractivity contribution >= 4 is 5.91 Å². The molecule has 5 heteroatoms. The molecule has 0 aromatic carbocycles. The number of ether oxygens (including phenoxy) is 1. The van der Waals surface area contributed by atoms with E-state index in [-0.39, 0.29) is 24.5 Å². The van der Waals surface area contributed by atoms with Crippen LogP contribution in [0.2, 0.25) is 0 Å². The van der Waals surface area contributed by atoms with Crippen molar-refractivity contribution in [2.75, 3.05) is 32.8 Å². The largest absolute Gasteiger partial charge is 0.394 e. The zero-order chi connectivity index (χ0) is 12.0. The fraction of sp³-hybridized carbons (Fsp3) is 0.909. The monoisotopic (exact) mass is 230 g/mol. The molecule has 0 aromatic rings. The summed E-state index contributed by atoms with van der Waals surface area (Å²) in [7, 11) is 0. The number of hydrogen-bond acceptors (Lipinski definition) is 4. The first-order valence-electron chi connectivity index (χ1n) is 5.87. The van der Waals surface area contributed by atoms with Gasteiger partial charge in [-0.25, -0.2) is 0 Å². The van der Waals surface area contributed by atoms with Crippen LogP contribution in [0.1, 0.15) is 19.8 Å². The van der Waals surface area contributed by atoms with Gasteiger partial charge in [-0.2, -0.15) is 0 Å². The number of piperidine rings is 1. The van der Waals surface area contributed by atoms with Gasteiger partial charge < -0.3 is 20.5 Å². The highest BCUT2D eigenvalue weighted by Gasteiger charge is 2.21.